The molecule has 0 aliphatic carbocycles. The Hall–Kier alpha value is -0.220. The first-order chi connectivity index (χ1) is 8.65. The summed E-state index contributed by atoms with van der Waals surface area (Å²) in [6.07, 6.45) is 7.52. The van der Waals surface area contributed by atoms with Crippen molar-refractivity contribution in [3.05, 3.63) is 0 Å². The van der Waals surface area contributed by atoms with E-state index in [9.17, 15) is 4.79 Å². The Bertz CT molecular complexity index is 242. The molecule has 18 heavy (non-hydrogen) atoms. The summed E-state index contributed by atoms with van der Waals surface area (Å²) in [7, 11) is 1.95. The lowest BCUT2D eigenvalue weighted by Crippen LogP contribution is -2.36. The number of carbonyl (C=O) groups is 1. The average Bonchev–Trinajstić information content (AvgIpc) is 2.42. The number of hydrogen-bond acceptors (Lipinski definition) is 3. The highest BCUT2D eigenvalue weighted by atomic mass is 32.2. The van der Waals surface area contributed by atoms with Crippen LogP contribution >= 0.6 is 11.8 Å². The fourth-order valence-corrected chi connectivity index (χ4v) is 2.98. The molecule has 4 heteroatoms. The highest BCUT2D eigenvalue weighted by Crippen LogP contribution is 2.17. The summed E-state index contributed by atoms with van der Waals surface area (Å²) >= 11 is 1.85. The fraction of sp³-hybridized carbons (Fsp3) is 0.929. The van der Waals surface area contributed by atoms with Crippen LogP contribution in [0.1, 0.15) is 39.0 Å². The van der Waals surface area contributed by atoms with Gasteiger partial charge in [-0.25, -0.2) is 0 Å². The molecule has 1 N–H and O–H groups in total. The molecule has 0 saturated carbocycles. The normalized spacial score (nSPS) is 21.6. The zero-order valence-corrected chi connectivity index (χ0v) is 12.9. The molecule has 106 valence electrons. The van der Waals surface area contributed by atoms with Crippen LogP contribution in [0.15, 0.2) is 0 Å². The lowest BCUT2D eigenvalue weighted by molar-refractivity contribution is -0.132. The van der Waals surface area contributed by atoms with E-state index in [2.05, 4.69) is 18.5 Å². The Balaban J connectivity index is 2.21. The summed E-state index contributed by atoms with van der Waals surface area (Å²) in [5.41, 5.74) is 0. The number of hydrogen-bond donors (Lipinski definition) is 1. The lowest BCUT2D eigenvalue weighted by Gasteiger charge is -2.27. The Labute approximate surface area is 116 Å². The van der Waals surface area contributed by atoms with Gasteiger partial charge >= 0.3 is 0 Å². The first-order valence-electron chi connectivity index (χ1n) is 7.10. The monoisotopic (exact) mass is 272 g/mol. The summed E-state index contributed by atoms with van der Waals surface area (Å²) in [6, 6.07) is 0.370. The van der Waals surface area contributed by atoms with Crippen LogP contribution in [0.5, 0.6) is 0 Å². The van der Waals surface area contributed by atoms with Gasteiger partial charge in [-0.3, -0.25) is 4.79 Å². The van der Waals surface area contributed by atoms with Crippen molar-refractivity contribution < 1.29 is 4.79 Å². The molecule has 0 radical (unpaired) electrons. The highest BCUT2D eigenvalue weighted by Gasteiger charge is 2.18. The third-order valence-corrected chi connectivity index (χ3v) is 4.60. The third-order valence-electron chi connectivity index (χ3n) is 3.96. The smallest absolute Gasteiger partial charge is 0.222 e. The molecule has 1 heterocycles. The molecule has 1 aliphatic heterocycles. The topological polar surface area (TPSA) is 32.3 Å². The Kier molecular flexibility index (Phi) is 7.75. The maximum atomic E-state index is 12.1. The fourth-order valence-electron chi connectivity index (χ4n) is 2.40. The Morgan fingerprint density at radius 3 is 2.94 bits per heavy atom. The van der Waals surface area contributed by atoms with Gasteiger partial charge in [0.1, 0.15) is 0 Å². The maximum Gasteiger partial charge on any atom is 0.222 e. The standard InChI is InChI=1S/C14H28N2OS/c1-12(8-10-18-3)16(2)14(17)7-6-13-5-4-9-15-11-13/h12-13,15H,4-11H2,1-3H3. The van der Waals surface area contributed by atoms with Crippen LogP contribution in [-0.4, -0.2) is 49.0 Å². The molecule has 1 saturated heterocycles. The molecule has 2 atom stereocenters. The van der Waals surface area contributed by atoms with Gasteiger partial charge in [0.15, 0.2) is 0 Å². The van der Waals surface area contributed by atoms with E-state index in [4.69, 9.17) is 0 Å². The predicted molar refractivity (Wildman–Crippen MR) is 80.1 cm³/mol. The zero-order chi connectivity index (χ0) is 13.4. The Morgan fingerprint density at radius 2 is 2.33 bits per heavy atom. The van der Waals surface area contributed by atoms with Crippen molar-refractivity contribution in [1.82, 2.24) is 10.2 Å². The number of piperidine rings is 1. The average molecular weight is 272 g/mol. The predicted octanol–water partition coefficient (Wildman–Crippen LogP) is 2.37. The van der Waals surface area contributed by atoms with Crippen LogP contribution < -0.4 is 5.32 Å². The summed E-state index contributed by atoms with van der Waals surface area (Å²) in [4.78, 5) is 14.0. The van der Waals surface area contributed by atoms with E-state index in [0.717, 1.165) is 31.7 Å². The van der Waals surface area contributed by atoms with Crippen LogP contribution in [-0.2, 0) is 4.79 Å². The zero-order valence-electron chi connectivity index (χ0n) is 12.1. The Morgan fingerprint density at radius 1 is 1.56 bits per heavy atom. The van der Waals surface area contributed by atoms with Crippen LogP contribution in [0, 0.1) is 5.92 Å². The van der Waals surface area contributed by atoms with E-state index in [-0.39, 0.29) is 0 Å². The molecule has 1 aliphatic rings. The van der Waals surface area contributed by atoms with Crippen molar-refractivity contribution in [3.8, 4) is 0 Å². The quantitative estimate of drug-likeness (QED) is 0.772. The minimum Gasteiger partial charge on any atom is -0.343 e. The molecule has 0 spiro atoms. The van der Waals surface area contributed by atoms with Gasteiger partial charge in [-0.2, -0.15) is 11.8 Å². The highest BCUT2D eigenvalue weighted by molar-refractivity contribution is 7.98. The summed E-state index contributed by atoms with van der Waals surface area (Å²) in [6.45, 7) is 4.39. The molecule has 0 aromatic heterocycles. The van der Waals surface area contributed by atoms with Gasteiger partial charge in [-0.15, -0.1) is 0 Å². The third kappa shape index (κ3) is 5.61. The van der Waals surface area contributed by atoms with Gasteiger partial charge in [0.05, 0.1) is 0 Å². The van der Waals surface area contributed by atoms with Gasteiger partial charge < -0.3 is 10.2 Å². The molecular weight excluding hydrogens is 244 g/mol. The van der Waals surface area contributed by atoms with Gasteiger partial charge in [-0.1, -0.05) is 0 Å². The van der Waals surface area contributed by atoms with Crippen molar-refractivity contribution >= 4 is 17.7 Å². The van der Waals surface area contributed by atoms with E-state index in [1.54, 1.807) is 0 Å². The molecular formula is C14H28N2OS. The lowest BCUT2D eigenvalue weighted by atomic mass is 9.94. The van der Waals surface area contributed by atoms with Crippen molar-refractivity contribution in [3.63, 3.8) is 0 Å². The molecule has 1 rings (SSSR count). The van der Waals surface area contributed by atoms with Crippen molar-refractivity contribution in [2.75, 3.05) is 32.1 Å². The summed E-state index contributed by atoms with van der Waals surface area (Å²) < 4.78 is 0. The van der Waals surface area contributed by atoms with Gasteiger partial charge in [0, 0.05) is 19.5 Å². The van der Waals surface area contributed by atoms with Crippen LogP contribution in [0.2, 0.25) is 0 Å². The number of amides is 1. The van der Waals surface area contributed by atoms with E-state index >= 15 is 0 Å². The molecule has 0 aromatic rings. The number of nitrogens with one attached hydrogen (secondary N) is 1. The second kappa shape index (κ2) is 8.81. The van der Waals surface area contributed by atoms with Gasteiger partial charge in [0.2, 0.25) is 5.91 Å². The van der Waals surface area contributed by atoms with Crippen molar-refractivity contribution in [2.24, 2.45) is 5.92 Å². The second-order valence-corrected chi connectivity index (χ2v) is 6.37. The molecule has 3 nitrogen and oxygen atoms in total. The van der Waals surface area contributed by atoms with Gasteiger partial charge in [0.25, 0.3) is 0 Å². The first kappa shape index (κ1) is 15.8. The van der Waals surface area contributed by atoms with E-state index in [1.165, 1.54) is 12.8 Å². The van der Waals surface area contributed by atoms with E-state index < -0.39 is 0 Å². The number of thioether (sulfide) groups is 1. The molecule has 0 aromatic carbocycles. The molecule has 0 bridgehead atoms. The minimum absolute atomic E-state index is 0.314. The maximum absolute atomic E-state index is 12.1. The van der Waals surface area contributed by atoms with Crippen LogP contribution in [0.25, 0.3) is 0 Å². The van der Waals surface area contributed by atoms with Crippen molar-refractivity contribution in [2.45, 2.75) is 45.1 Å². The van der Waals surface area contributed by atoms with Crippen LogP contribution in [0.4, 0.5) is 0 Å². The molecule has 1 fully saturated rings. The molecule has 1 amide bonds. The van der Waals surface area contributed by atoms with E-state index in [1.807, 2.05) is 23.7 Å². The number of rotatable bonds is 7. The van der Waals surface area contributed by atoms with E-state index in [0.29, 0.717) is 24.3 Å². The number of carbonyl (C=O) groups excluding carboxylic acids is 1. The number of nitrogens with zero attached hydrogens (tertiary/aromatic N) is 1. The minimum atomic E-state index is 0.314. The first-order valence-corrected chi connectivity index (χ1v) is 8.49. The SMILES string of the molecule is CSCCC(C)N(C)C(=O)CCC1CCCNC1. The largest absolute Gasteiger partial charge is 0.343 e. The molecule has 2 unspecified atom stereocenters. The summed E-state index contributed by atoms with van der Waals surface area (Å²) in [5, 5.41) is 3.41. The van der Waals surface area contributed by atoms with Crippen LogP contribution in [0.3, 0.4) is 0 Å². The van der Waals surface area contributed by atoms with Crippen molar-refractivity contribution in [1.29, 1.82) is 0 Å². The van der Waals surface area contributed by atoms with Gasteiger partial charge in [-0.05, 0) is 63.6 Å². The summed E-state index contributed by atoms with van der Waals surface area (Å²) in [5.74, 6) is 2.15. The second-order valence-electron chi connectivity index (χ2n) is 5.39.